The molecule has 3 rings (SSSR count). The summed E-state index contributed by atoms with van der Waals surface area (Å²) >= 11 is 0. The van der Waals surface area contributed by atoms with E-state index in [-0.39, 0.29) is 5.56 Å². The number of azo groups is 1. The number of carboxylic acid groups (broad SMARTS) is 1. The van der Waals surface area contributed by atoms with Crippen molar-refractivity contribution in [2.24, 2.45) is 10.2 Å². The molecule has 0 aliphatic carbocycles. The van der Waals surface area contributed by atoms with Gasteiger partial charge in [-0.15, -0.1) is 5.11 Å². The van der Waals surface area contributed by atoms with E-state index in [0.717, 1.165) is 39.2 Å². The fraction of sp³-hybridized carbons (Fsp3) is 0.136. The first-order valence-corrected chi connectivity index (χ1v) is 8.38. The largest absolute Gasteiger partial charge is 0.478 e. The van der Waals surface area contributed by atoms with E-state index in [9.17, 15) is 4.79 Å². The molecule has 3 aromatic rings. The fourth-order valence-electron chi connectivity index (χ4n) is 2.75. The molecule has 1 N–H and O–H groups in total. The third-order valence-corrected chi connectivity index (χ3v) is 4.41. The normalized spacial score (nSPS) is 11.0. The number of benzene rings is 3. The van der Waals surface area contributed by atoms with Crippen LogP contribution in [0.15, 0.2) is 70.9 Å². The van der Waals surface area contributed by atoms with Crippen molar-refractivity contribution >= 4 is 17.3 Å². The van der Waals surface area contributed by atoms with Crippen LogP contribution in [0.25, 0.3) is 11.1 Å². The second-order valence-corrected chi connectivity index (χ2v) is 6.33. The molecule has 3 aromatic carbocycles. The molecule has 0 amide bonds. The maximum atomic E-state index is 11.1. The lowest BCUT2D eigenvalue weighted by molar-refractivity contribution is 0.0697. The highest BCUT2D eigenvalue weighted by atomic mass is 16.4. The summed E-state index contributed by atoms with van der Waals surface area (Å²) in [5.74, 6) is -0.934. The quantitative estimate of drug-likeness (QED) is 0.557. The molecule has 130 valence electrons. The minimum absolute atomic E-state index is 0.264. The summed E-state index contributed by atoms with van der Waals surface area (Å²) in [5.41, 5.74) is 7.04. The number of nitrogens with zero attached hydrogens (tertiary/aromatic N) is 2. The van der Waals surface area contributed by atoms with Crippen molar-refractivity contribution in [3.63, 3.8) is 0 Å². The summed E-state index contributed by atoms with van der Waals surface area (Å²) < 4.78 is 0. The van der Waals surface area contributed by atoms with Crippen LogP contribution in [0.1, 0.15) is 27.0 Å². The SMILES string of the molecule is Cc1cccc(N=Nc2c(-c3ccc(C(=O)O)cc3)ccc(C)c2C)c1. The number of carboxylic acids is 1. The Hall–Kier alpha value is -3.27. The van der Waals surface area contributed by atoms with Gasteiger partial charge in [-0.2, -0.15) is 5.11 Å². The first-order valence-electron chi connectivity index (χ1n) is 8.38. The highest BCUT2D eigenvalue weighted by molar-refractivity contribution is 5.89. The van der Waals surface area contributed by atoms with Crippen LogP contribution in [0, 0.1) is 20.8 Å². The summed E-state index contributed by atoms with van der Waals surface area (Å²) in [6.45, 7) is 6.08. The van der Waals surface area contributed by atoms with Crippen LogP contribution in [0.2, 0.25) is 0 Å². The zero-order valence-electron chi connectivity index (χ0n) is 15.0. The zero-order chi connectivity index (χ0) is 18.7. The van der Waals surface area contributed by atoms with Crippen LogP contribution < -0.4 is 0 Å². The van der Waals surface area contributed by atoms with Crippen molar-refractivity contribution in [3.8, 4) is 11.1 Å². The van der Waals surface area contributed by atoms with E-state index < -0.39 is 5.97 Å². The molecule has 26 heavy (non-hydrogen) atoms. The number of carbonyl (C=O) groups is 1. The van der Waals surface area contributed by atoms with Gasteiger partial charge < -0.3 is 5.11 Å². The minimum atomic E-state index is -0.934. The average molecular weight is 344 g/mol. The Morgan fingerprint density at radius 1 is 0.885 bits per heavy atom. The molecule has 4 heteroatoms. The van der Waals surface area contributed by atoms with Gasteiger partial charge in [-0.05, 0) is 67.3 Å². The molecular formula is C22H20N2O2. The Morgan fingerprint density at radius 2 is 1.62 bits per heavy atom. The summed E-state index contributed by atoms with van der Waals surface area (Å²) in [7, 11) is 0. The molecule has 0 bridgehead atoms. The smallest absolute Gasteiger partial charge is 0.335 e. The van der Waals surface area contributed by atoms with Gasteiger partial charge in [0.1, 0.15) is 0 Å². The molecule has 4 nitrogen and oxygen atoms in total. The van der Waals surface area contributed by atoms with E-state index in [2.05, 4.69) is 10.2 Å². The second-order valence-electron chi connectivity index (χ2n) is 6.33. The van der Waals surface area contributed by atoms with Crippen LogP contribution in [0.3, 0.4) is 0 Å². The van der Waals surface area contributed by atoms with Gasteiger partial charge in [-0.1, -0.05) is 36.4 Å². The number of aromatic carboxylic acids is 1. The van der Waals surface area contributed by atoms with Gasteiger partial charge in [0.15, 0.2) is 0 Å². The molecule has 0 aromatic heterocycles. The first kappa shape index (κ1) is 17.5. The number of hydrogen-bond donors (Lipinski definition) is 1. The first-order chi connectivity index (χ1) is 12.5. The average Bonchev–Trinajstić information content (AvgIpc) is 2.63. The van der Waals surface area contributed by atoms with Gasteiger partial charge in [-0.3, -0.25) is 0 Å². The molecule has 0 spiro atoms. The second kappa shape index (κ2) is 7.31. The molecule has 0 atom stereocenters. The van der Waals surface area contributed by atoms with Crippen molar-refractivity contribution in [1.82, 2.24) is 0 Å². The standard InChI is InChI=1S/C22H20N2O2/c1-14-5-4-6-19(13-14)23-24-21-16(3)15(2)7-12-20(21)17-8-10-18(11-9-17)22(25)26/h4-13H,1-3H3,(H,25,26). The topological polar surface area (TPSA) is 62.0 Å². The van der Waals surface area contributed by atoms with E-state index in [1.54, 1.807) is 24.3 Å². The monoisotopic (exact) mass is 344 g/mol. The van der Waals surface area contributed by atoms with Gasteiger partial charge >= 0.3 is 5.97 Å². The van der Waals surface area contributed by atoms with Crippen molar-refractivity contribution in [3.05, 3.63) is 82.9 Å². The van der Waals surface area contributed by atoms with E-state index in [1.807, 2.05) is 57.2 Å². The lowest BCUT2D eigenvalue weighted by Crippen LogP contribution is -1.95. The highest BCUT2D eigenvalue weighted by Gasteiger charge is 2.11. The highest BCUT2D eigenvalue weighted by Crippen LogP contribution is 2.36. The molecule has 0 fully saturated rings. The maximum Gasteiger partial charge on any atom is 0.335 e. The van der Waals surface area contributed by atoms with Crippen LogP contribution in [0.5, 0.6) is 0 Å². The van der Waals surface area contributed by atoms with Gasteiger partial charge in [0.2, 0.25) is 0 Å². The Morgan fingerprint density at radius 3 is 2.27 bits per heavy atom. The Balaban J connectivity index is 2.06. The van der Waals surface area contributed by atoms with Crippen LogP contribution in [-0.2, 0) is 0 Å². The van der Waals surface area contributed by atoms with E-state index >= 15 is 0 Å². The van der Waals surface area contributed by atoms with Gasteiger partial charge in [0, 0.05) is 5.56 Å². The number of rotatable bonds is 4. The summed E-state index contributed by atoms with van der Waals surface area (Å²) in [6.07, 6.45) is 0. The Labute approximate surface area is 152 Å². The predicted molar refractivity (Wildman–Crippen MR) is 104 cm³/mol. The van der Waals surface area contributed by atoms with E-state index in [1.165, 1.54) is 0 Å². The van der Waals surface area contributed by atoms with Crippen LogP contribution >= 0.6 is 0 Å². The van der Waals surface area contributed by atoms with Gasteiger partial charge in [0.25, 0.3) is 0 Å². The van der Waals surface area contributed by atoms with Crippen molar-refractivity contribution in [1.29, 1.82) is 0 Å². The third-order valence-electron chi connectivity index (χ3n) is 4.41. The minimum Gasteiger partial charge on any atom is -0.478 e. The maximum absolute atomic E-state index is 11.1. The van der Waals surface area contributed by atoms with Crippen LogP contribution in [0.4, 0.5) is 11.4 Å². The van der Waals surface area contributed by atoms with Crippen molar-refractivity contribution in [2.45, 2.75) is 20.8 Å². The molecule has 0 saturated carbocycles. The number of hydrogen-bond acceptors (Lipinski definition) is 3. The van der Waals surface area contributed by atoms with Gasteiger partial charge in [-0.25, -0.2) is 4.79 Å². The van der Waals surface area contributed by atoms with Crippen molar-refractivity contribution < 1.29 is 9.90 Å². The molecule has 0 unspecified atom stereocenters. The third kappa shape index (κ3) is 3.70. The fourth-order valence-corrected chi connectivity index (χ4v) is 2.75. The molecular weight excluding hydrogens is 324 g/mol. The predicted octanol–water partition coefficient (Wildman–Crippen LogP) is 6.39. The van der Waals surface area contributed by atoms with Crippen molar-refractivity contribution in [2.75, 3.05) is 0 Å². The van der Waals surface area contributed by atoms with Crippen LogP contribution in [-0.4, -0.2) is 11.1 Å². The Kier molecular flexibility index (Phi) is 4.94. The molecule has 0 radical (unpaired) electrons. The molecule has 0 aliphatic heterocycles. The molecule has 0 aliphatic rings. The lowest BCUT2D eigenvalue weighted by atomic mass is 9.97. The number of aryl methyl sites for hydroxylation is 2. The molecule has 0 heterocycles. The Bertz CT molecular complexity index is 990. The van der Waals surface area contributed by atoms with Gasteiger partial charge in [0.05, 0.1) is 16.9 Å². The zero-order valence-corrected chi connectivity index (χ0v) is 15.0. The van der Waals surface area contributed by atoms with E-state index in [0.29, 0.717) is 0 Å². The summed E-state index contributed by atoms with van der Waals surface area (Å²) in [4.78, 5) is 11.1. The molecule has 0 saturated heterocycles. The lowest BCUT2D eigenvalue weighted by Gasteiger charge is -2.11. The summed E-state index contributed by atoms with van der Waals surface area (Å²) in [6, 6.07) is 18.7. The summed E-state index contributed by atoms with van der Waals surface area (Å²) in [5, 5.41) is 18.0. The van der Waals surface area contributed by atoms with E-state index in [4.69, 9.17) is 5.11 Å².